The number of nitrogens with zero attached hydrogens (tertiary/aromatic N) is 4. The van der Waals surface area contributed by atoms with Crippen molar-refractivity contribution in [2.24, 2.45) is 0 Å². The standard InChI is InChI=1S/C37H34ClN7O7/c1-22-28(29-20-27(51-2)13-15-31(29)44(22)37(48)24-7-9-25(38)10-8-24)21-34(47)40-18-4-3-17-39-33(46)19-23-5-11-26(12-6-23)41-30-14-16-32(45(49)50)36-35(30)42-52-43-36/h5-16,20,41H,3-4,17-19,21H2,1-2H3,(H,39,46)(H,40,47). The third kappa shape index (κ3) is 7.87. The number of benzene rings is 4. The number of rotatable bonds is 14. The molecule has 6 aromatic rings. The molecule has 52 heavy (non-hydrogen) atoms. The summed E-state index contributed by atoms with van der Waals surface area (Å²) < 4.78 is 11.7. The highest BCUT2D eigenvalue weighted by Crippen LogP contribution is 2.32. The van der Waals surface area contributed by atoms with Gasteiger partial charge in [-0.2, -0.15) is 0 Å². The first-order chi connectivity index (χ1) is 25.1. The molecule has 0 unspecified atom stereocenters. The molecule has 0 atom stereocenters. The molecule has 2 amide bonds. The van der Waals surface area contributed by atoms with Crippen LogP contribution in [0.1, 0.15) is 40.0 Å². The molecular formula is C37H34ClN7O7. The van der Waals surface area contributed by atoms with Crippen molar-refractivity contribution in [3.05, 3.63) is 116 Å². The van der Waals surface area contributed by atoms with Crippen LogP contribution in [0.15, 0.2) is 83.5 Å². The second kappa shape index (κ2) is 15.7. The third-order valence-electron chi connectivity index (χ3n) is 8.61. The molecule has 2 heterocycles. The number of hydrogen-bond acceptors (Lipinski definition) is 10. The molecule has 0 saturated heterocycles. The molecule has 0 spiro atoms. The first kappa shape index (κ1) is 35.5. The second-order valence-electron chi connectivity index (χ2n) is 12.0. The monoisotopic (exact) mass is 723 g/mol. The topological polar surface area (TPSA) is 184 Å². The predicted octanol–water partition coefficient (Wildman–Crippen LogP) is 6.29. The van der Waals surface area contributed by atoms with Gasteiger partial charge in [-0.25, -0.2) is 4.63 Å². The van der Waals surface area contributed by atoms with Crippen molar-refractivity contribution in [3.63, 3.8) is 0 Å². The summed E-state index contributed by atoms with van der Waals surface area (Å²) in [5.41, 5.74) is 4.63. The summed E-state index contributed by atoms with van der Waals surface area (Å²) in [6, 6.07) is 22.2. The van der Waals surface area contributed by atoms with Gasteiger partial charge >= 0.3 is 5.69 Å². The number of anilines is 2. The number of amides is 2. The van der Waals surface area contributed by atoms with E-state index in [9.17, 15) is 24.5 Å². The first-order valence-electron chi connectivity index (χ1n) is 16.4. The van der Waals surface area contributed by atoms with Crippen LogP contribution in [0.25, 0.3) is 21.9 Å². The Balaban J connectivity index is 0.962. The fourth-order valence-electron chi connectivity index (χ4n) is 5.94. The number of ether oxygens (including phenoxy) is 1. The Labute approximate surface area is 302 Å². The maximum Gasteiger partial charge on any atom is 0.300 e. The van der Waals surface area contributed by atoms with Crippen molar-refractivity contribution in [1.82, 2.24) is 25.5 Å². The number of non-ortho nitro benzene ring substituents is 1. The van der Waals surface area contributed by atoms with Crippen LogP contribution in [0.5, 0.6) is 5.75 Å². The van der Waals surface area contributed by atoms with Gasteiger partial charge in [0.05, 0.1) is 36.1 Å². The van der Waals surface area contributed by atoms with Crippen LogP contribution >= 0.6 is 11.6 Å². The average Bonchev–Trinajstić information content (AvgIpc) is 3.73. The van der Waals surface area contributed by atoms with E-state index in [1.54, 1.807) is 54.1 Å². The van der Waals surface area contributed by atoms with Gasteiger partial charge in [-0.15, -0.1) is 0 Å². The zero-order valence-corrected chi connectivity index (χ0v) is 29.0. The average molecular weight is 724 g/mol. The van der Waals surface area contributed by atoms with Crippen LogP contribution in [0, 0.1) is 17.0 Å². The van der Waals surface area contributed by atoms with Crippen LogP contribution in [0.2, 0.25) is 5.02 Å². The molecular weight excluding hydrogens is 690 g/mol. The van der Waals surface area contributed by atoms with E-state index in [4.69, 9.17) is 21.0 Å². The number of nitrogens with one attached hydrogen (secondary N) is 3. The smallest absolute Gasteiger partial charge is 0.300 e. The highest BCUT2D eigenvalue weighted by atomic mass is 35.5. The maximum absolute atomic E-state index is 13.5. The molecule has 0 aliphatic carbocycles. The molecule has 0 bridgehead atoms. The Kier molecular flexibility index (Phi) is 10.8. The number of nitro groups is 1. The van der Waals surface area contributed by atoms with Crippen LogP contribution in [0.4, 0.5) is 17.1 Å². The third-order valence-corrected chi connectivity index (χ3v) is 8.86. The Morgan fingerprint density at radius 3 is 2.23 bits per heavy atom. The van der Waals surface area contributed by atoms with Gasteiger partial charge in [-0.3, -0.25) is 29.1 Å². The Morgan fingerprint density at radius 2 is 1.56 bits per heavy atom. The van der Waals surface area contributed by atoms with Crippen molar-refractivity contribution >= 4 is 68.3 Å². The SMILES string of the molecule is COc1ccc2c(c1)c(CC(=O)NCCCCNC(=O)Cc1ccc(Nc3ccc([N+](=O)[O-])c4nonc34)cc1)c(C)n2C(=O)c1ccc(Cl)cc1. The fourth-order valence-corrected chi connectivity index (χ4v) is 6.06. The van der Waals surface area contributed by atoms with Gasteiger partial charge in [-0.05, 0) is 102 Å². The number of halogens is 1. The molecule has 0 aliphatic heterocycles. The number of fused-ring (bicyclic) bond motifs is 2. The number of carbonyl (C=O) groups excluding carboxylic acids is 3. The summed E-state index contributed by atoms with van der Waals surface area (Å²) in [6.07, 6.45) is 1.59. The Morgan fingerprint density at radius 1 is 0.885 bits per heavy atom. The van der Waals surface area contributed by atoms with Gasteiger partial charge in [0.25, 0.3) is 5.91 Å². The van der Waals surface area contributed by atoms with Gasteiger partial charge < -0.3 is 20.7 Å². The summed E-state index contributed by atoms with van der Waals surface area (Å²) >= 11 is 6.03. The van der Waals surface area contributed by atoms with Crippen LogP contribution in [-0.4, -0.2) is 57.7 Å². The van der Waals surface area contributed by atoms with Crippen molar-refractivity contribution in [1.29, 1.82) is 0 Å². The lowest BCUT2D eigenvalue weighted by atomic mass is 10.1. The molecule has 2 aromatic heterocycles. The van der Waals surface area contributed by atoms with E-state index in [1.165, 1.54) is 12.1 Å². The van der Waals surface area contributed by atoms with Gasteiger partial charge in [0.1, 0.15) is 5.75 Å². The van der Waals surface area contributed by atoms with Crippen molar-refractivity contribution < 1.29 is 28.7 Å². The van der Waals surface area contributed by atoms with Gasteiger partial charge in [0.2, 0.25) is 17.3 Å². The highest BCUT2D eigenvalue weighted by Gasteiger charge is 2.23. The quantitative estimate of drug-likeness (QED) is 0.0656. The summed E-state index contributed by atoms with van der Waals surface area (Å²) in [6.45, 7) is 2.71. The lowest BCUT2D eigenvalue weighted by Crippen LogP contribution is -2.29. The number of carbonyl (C=O) groups is 3. The Hall–Kier alpha value is -6.28. The number of nitro benzene ring substituents is 1. The molecule has 6 rings (SSSR count). The summed E-state index contributed by atoms with van der Waals surface area (Å²) in [4.78, 5) is 49.8. The largest absolute Gasteiger partial charge is 0.497 e. The normalized spacial score (nSPS) is 11.1. The summed E-state index contributed by atoms with van der Waals surface area (Å²) in [5.74, 6) is 0.0829. The lowest BCUT2D eigenvalue weighted by Gasteiger charge is -2.09. The highest BCUT2D eigenvalue weighted by molar-refractivity contribution is 6.30. The summed E-state index contributed by atoms with van der Waals surface area (Å²) in [5, 5.41) is 28.9. The van der Waals surface area contributed by atoms with Crippen molar-refractivity contribution in [3.8, 4) is 5.75 Å². The second-order valence-corrected chi connectivity index (χ2v) is 12.5. The maximum atomic E-state index is 13.5. The van der Waals surface area contributed by atoms with Crippen LogP contribution in [0.3, 0.4) is 0 Å². The molecule has 0 fully saturated rings. The molecule has 14 nitrogen and oxygen atoms in total. The van der Waals surface area contributed by atoms with Crippen LogP contribution < -0.4 is 20.7 Å². The van der Waals surface area contributed by atoms with Crippen molar-refractivity contribution in [2.75, 3.05) is 25.5 Å². The van der Waals surface area contributed by atoms with Gasteiger partial charge in [0, 0.05) is 46.5 Å². The van der Waals surface area contributed by atoms with E-state index in [1.807, 2.05) is 31.2 Å². The van der Waals surface area contributed by atoms with E-state index >= 15 is 0 Å². The zero-order chi connectivity index (χ0) is 36.8. The minimum absolute atomic E-state index is 0.0480. The molecule has 0 radical (unpaired) electrons. The molecule has 0 aliphatic rings. The number of unbranched alkanes of at least 4 members (excludes halogenated alkanes) is 1. The number of aromatic nitrogens is 3. The molecule has 3 N–H and O–H groups in total. The Bertz CT molecular complexity index is 2280. The molecule has 4 aromatic carbocycles. The van der Waals surface area contributed by atoms with E-state index in [0.29, 0.717) is 64.9 Å². The predicted molar refractivity (Wildman–Crippen MR) is 195 cm³/mol. The minimum Gasteiger partial charge on any atom is -0.497 e. The minimum atomic E-state index is -0.549. The zero-order valence-electron chi connectivity index (χ0n) is 28.3. The number of hydrogen-bond donors (Lipinski definition) is 3. The van der Waals surface area contributed by atoms with Crippen molar-refractivity contribution in [2.45, 2.75) is 32.6 Å². The van der Waals surface area contributed by atoms with Crippen LogP contribution in [-0.2, 0) is 22.4 Å². The summed E-state index contributed by atoms with van der Waals surface area (Å²) in [7, 11) is 1.57. The van der Waals surface area contributed by atoms with E-state index in [0.717, 1.165) is 16.5 Å². The molecule has 266 valence electrons. The van der Waals surface area contributed by atoms with Gasteiger partial charge in [0.15, 0.2) is 5.52 Å². The van der Waals surface area contributed by atoms with Gasteiger partial charge in [-0.1, -0.05) is 23.7 Å². The molecule has 0 saturated carbocycles. The fraction of sp³-hybridized carbons (Fsp3) is 0.216. The number of methoxy groups -OCH3 is 1. The molecule has 15 heteroatoms. The van der Waals surface area contributed by atoms with E-state index in [-0.39, 0.29) is 47.3 Å². The first-order valence-corrected chi connectivity index (χ1v) is 16.8. The lowest BCUT2D eigenvalue weighted by molar-refractivity contribution is -0.383. The van der Waals surface area contributed by atoms with E-state index < -0.39 is 4.92 Å². The van der Waals surface area contributed by atoms with E-state index in [2.05, 4.69) is 26.3 Å².